The van der Waals surface area contributed by atoms with Crippen molar-refractivity contribution in [3.63, 3.8) is 0 Å². The fraction of sp³-hybridized carbons (Fsp3) is 0.643. The Morgan fingerprint density at radius 2 is 2.12 bits per heavy atom. The highest BCUT2D eigenvalue weighted by Gasteiger charge is 2.12. The van der Waals surface area contributed by atoms with Gasteiger partial charge in [-0.15, -0.1) is 6.58 Å². The van der Waals surface area contributed by atoms with E-state index in [2.05, 4.69) is 18.5 Å². The first kappa shape index (κ1) is 14.0. The maximum absolute atomic E-state index is 11.1. The second-order valence-electron chi connectivity index (χ2n) is 4.57. The van der Waals surface area contributed by atoms with E-state index >= 15 is 0 Å². The molecule has 0 aromatic rings. The van der Waals surface area contributed by atoms with Gasteiger partial charge in [-0.25, -0.2) is 0 Å². The van der Waals surface area contributed by atoms with Crippen LogP contribution in [0.4, 0.5) is 0 Å². The van der Waals surface area contributed by atoms with Crippen molar-refractivity contribution in [2.75, 3.05) is 19.6 Å². The number of carbonyl (C=O) groups excluding carboxylic acids is 1. The lowest BCUT2D eigenvalue weighted by Gasteiger charge is -2.13. The molecular formula is C14H24N2O. The van der Waals surface area contributed by atoms with Crippen LogP contribution in [0.1, 0.15) is 32.1 Å². The van der Waals surface area contributed by atoms with Gasteiger partial charge < -0.3 is 10.2 Å². The van der Waals surface area contributed by atoms with Gasteiger partial charge in [-0.2, -0.15) is 0 Å². The average molecular weight is 236 g/mol. The molecule has 0 aromatic carbocycles. The number of likely N-dealkylation sites (tertiary alicyclic amines) is 1. The zero-order valence-electron chi connectivity index (χ0n) is 10.7. The van der Waals surface area contributed by atoms with Crippen molar-refractivity contribution in [3.8, 4) is 0 Å². The van der Waals surface area contributed by atoms with Crippen LogP contribution in [0.15, 0.2) is 25.4 Å². The number of hydrogen-bond donors (Lipinski definition) is 1. The molecule has 2 saturated heterocycles. The van der Waals surface area contributed by atoms with Crippen molar-refractivity contribution in [2.45, 2.75) is 32.1 Å². The first-order valence-electron chi connectivity index (χ1n) is 6.53. The van der Waals surface area contributed by atoms with E-state index in [-0.39, 0.29) is 5.91 Å². The average Bonchev–Trinajstić information content (AvgIpc) is 2.79. The van der Waals surface area contributed by atoms with Crippen LogP contribution in [-0.2, 0) is 4.79 Å². The lowest BCUT2D eigenvalue weighted by atomic mass is 10.1. The van der Waals surface area contributed by atoms with Crippen LogP contribution in [0.2, 0.25) is 0 Å². The lowest BCUT2D eigenvalue weighted by Crippen LogP contribution is -2.23. The van der Waals surface area contributed by atoms with Crippen LogP contribution in [0.25, 0.3) is 0 Å². The Morgan fingerprint density at radius 3 is 2.65 bits per heavy atom. The Kier molecular flexibility index (Phi) is 6.63. The zero-order chi connectivity index (χ0) is 12.5. The number of carbonyl (C=O) groups is 1. The predicted molar refractivity (Wildman–Crippen MR) is 71.6 cm³/mol. The highest BCUT2D eigenvalue weighted by Crippen LogP contribution is 2.10. The van der Waals surface area contributed by atoms with Crippen molar-refractivity contribution < 1.29 is 4.79 Å². The molecule has 0 aromatic heterocycles. The van der Waals surface area contributed by atoms with Crippen LogP contribution < -0.4 is 5.32 Å². The second kappa shape index (κ2) is 8.07. The van der Waals surface area contributed by atoms with Gasteiger partial charge in [-0.1, -0.05) is 19.1 Å². The molecule has 0 saturated carbocycles. The molecule has 2 heterocycles. The monoisotopic (exact) mass is 236 g/mol. The van der Waals surface area contributed by atoms with E-state index in [4.69, 9.17) is 0 Å². The highest BCUT2D eigenvalue weighted by atomic mass is 16.2. The smallest absolute Gasteiger partial charge is 0.226 e. The van der Waals surface area contributed by atoms with Crippen molar-refractivity contribution in [3.05, 3.63) is 25.4 Å². The lowest BCUT2D eigenvalue weighted by molar-refractivity contribution is -0.128. The fourth-order valence-corrected chi connectivity index (χ4v) is 2.07. The first-order valence-corrected chi connectivity index (χ1v) is 6.53. The Bertz CT molecular complexity index is 257. The number of hydrogen-bond acceptors (Lipinski definition) is 2. The van der Waals surface area contributed by atoms with Gasteiger partial charge in [-0.3, -0.25) is 4.79 Å². The van der Waals surface area contributed by atoms with Gasteiger partial charge in [0, 0.05) is 19.5 Å². The maximum Gasteiger partial charge on any atom is 0.226 e. The van der Waals surface area contributed by atoms with Crippen LogP contribution in [-0.4, -0.2) is 30.4 Å². The molecular weight excluding hydrogens is 212 g/mol. The molecule has 2 aliphatic rings. The third-order valence-electron chi connectivity index (χ3n) is 3.26. The molecule has 1 unspecified atom stereocenters. The van der Waals surface area contributed by atoms with E-state index in [1.54, 1.807) is 11.1 Å². The molecule has 3 heteroatoms. The summed E-state index contributed by atoms with van der Waals surface area (Å²) in [7, 11) is 0. The molecule has 17 heavy (non-hydrogen) atoms. The minimum absolute atomic E-state index is 0.229. The first-order chi connectivity index (χ1) is 8.27. The number of amides is 1. The van der Waals surface area contributed by atoms with Gasteiger partial charge in [0.2, 0.25) is 5.91 Å². The molecule has 1 atom stereocenters. The van der Waals surface area contributed by atoms with Gasteiger partial charge in [-0.05, 0) is 37.9 Å². The Balaban J connectivity index is 0.000000181. The number of rotatable bonds is 2. The normalized spacial score (nSPS) is 24.6. The summed E-state index contributed by atoms with van der Waals surface area (Å²) in [5.41, 5.74) is 0. The summed E-state index contributed by atoms with van der Waals surface area (Å²) in [6.45, 7) is 10.5. The van der Waals surface area contributed by atoms with Gasteiger partial charge in [0.05, 0.1) is 0 Å². The molecule has 0 aliphatic carbocycles. The molecule has 96 valence electrons. The summed E-state index contributed by atoms with van der Waals surface area (Å²) < 4.78 is 0. The standard InChI is InChI=1S/C8H13NO.C6H11N/c1-2-9-7-5-3-4-6-8(9)10;1-2-6-3-4-7-5-6/h2H,1,3-7H2;2,6-7H,1,3-5H2. The summed E-state index contributed by atoms with van der Waals surface area (Å²) in [5, 5.41) is 3.25. The summed E-state index contributed by atoms with van der Waals surface area (Å²) >= 11 is 0. The molecule has 0 bridgehead atoms. The topological polar surface area (TPSA) is 32.3 Å². The maximum atomic E-state index is 11.1. The van der Waals surface area contributed by atoms with Crippen LogP contribution in [0.5, 0.6) is 0 Å². The number of nitrogens with zero attached hydrogens (tertiary/aromatic N) is 1. The zero-order valence-corrected chi connectivity index (χ0v) is 10.7. The summed E-state index contributed by atoms with van der Waals surface area (Å²) in [5.74, 6) is 0.979. The SMILES string of the molecule is C=CC1CCNC1.C=CN1CCCCCC1=O. The van der Waals surface area contributed by atoms with Crippen LogP contribution >= 0.6 is 0 Å². The Hall–Kier alpha value is -1.09. The highest BCUT2D eigenvalue weighted by molar-refractivity contribution is 5.77. The summed E-state index contributed by atoms with van der Waals surface area (Å²) in [4.78, 5) is 12.8. The minimum atomic E-state index is 0.229. The van der Waals surface area contributed by atoms with Gasteiger partial charge in [0.1, 0.15) is 0 Å². The van der Waals surface area contributed by atoms with E-state index in [1.807, 2.05) is 6.08 Å². The van der Waals surface area contributed by atoms with Crippen molar-refractivity contribution >= 4 is 5.91 Å². The second-order valence-corrected chi connectivity index (χ2v) is 4.57. The van der Waals surface area contributed by atoms with E-state index in [9.17, 15) is 4.79 Å². The molecule has 1 N–H and O–H groups in total. The van der Waals surface area contributed by atoms with E-state index in [1.165, 1.54) is 19.4 Å². The summed E-state index contributed by atoms with van der Waals surface area (Å²) in [6.07, 6.45) is 8.99. The third-order valence-corrected chi connectivity index (χ3v) is 3.26. The number of nitrogens with one attached hydrogen (secondary N) is 1. The molecule has 1 amide bonds. The quantitative estimate of drug-likeness (QED) is 0.746. The van der Waals surface area contributed by atoms with Crippen LogP contribution in [0, 0.1) is 5.92 Å². The Morgan fingerprint density at radius 1 is 1.29 bits per heavy atom. The predicted octanol–water partition coefficient (Wildman–Crippen LogP) is 2.31. The van der Waals surface area contributed by atoms with Crippen LogP contribution in [0.3, 0.4) is 0 Å². The summed E-state index contributed by atoms with van der Waals surface area (Å²) in [6, 6.07) is 0. The largest absolute Gasteiger partial charge is 0.320 e. The van der Waals surface area contributed by atoms with Crippen molar-refractivity contribution in [1.82, 2.24) is 10.2 Å². The fourth-order valence-electron chi connectivity index (χ4n) is 2.07. The molecule has 2 rings (SSSR count). The van der Waals surface area contributed by atoms with Crippen molar-refractivity contribution in [1.29, 1.82) is 0 Å². The van der Waals surface area contributed by atoms with Gasteiger partial charge >= 0.3 is 0 Å². The van der Waals surface area contributed by atoms with Gasteiger partial charge in [0.15, 0.2) is 0 Å². The van der Waals surface area contributed by atoms with E-state index < -0.39 is 0 Å². The molecule has 0 radical (unpaired) electrons. The van der Waals surface area contributed by atoms with Gasteiger partial charge in [0.25, 0.3) is 0 Å². The van der Waals surface area contributed by atoms with Crippen molar-refractivity contribution in [2.24, 2.45) is 5.92 Å². The Labute approximate surface area is 105 Å². The molecule has 2 fully saturated rings. The third kappa shape index (κ3) is 5.18. The minimum Gasteiger partial charge on any atom is -0.320 e. The van der Waals surface area contributed by atoms with E-state index in [0.29, 0.717) is 6.42 Å². The van der Waals surface area contributed by atoms with E-state index in [0.717, 1.165) is 31.8 Å². The molecule has 2 aliphatic heterocycles. The molecule has 0 spiro atoms. The molecule has 3 nitrogen and oxygen atoms in total.